The van der Waals surface area contributed by atoms with E-state index in [0.717, 1.165) is 12.8 Å². The maximum atomic E-state index is 13.0. The first-order valence-electron chi connectivity index (χ1n) is 5.82. The molecule has 0 radical (unpaired) electrons. The smallest absolute Gasteiger partial charge is 0.412 e. The molecular weight excluding hydrogens is 233 g/mol. The molecule has 0 N–H and O–H groups in total. The highest BCUT2D eigenvalue weighted by atomic mass is 19.4. The molecule has 96 valence electrons. The van der Waals surface area contributed by atoms with Crippen molar-refractivity contribution in [2.24, 2.45) is 11.8 Å². The van der Waals surface area contributed by atoms with Crippen molar-refractivity contribution in [3.05, 3.63) is 11.1 Å². The quantitative estimate of drug-likeness (QED) is 0.554. The first kappa shape index (κ1) is 12.5. The van der Waals surface area contributed by atoms with Gasteiger partial charge in [-0.2, -0.15) is 13.2 Å². The third-order valence-corrected chi connectivity index (χ3v) is 3.56. The fourth-order valence-electron chi connectivity index (χ4n) is 2.67. The van der Waals surface area contributed by atoms with E-state index >= 15 is 0 Å². The maximum absolute atomic E-state index is 13.0. The molecule has 0 bridgehead atoms. The summed E-state index contributed by atoms with van der Waals surface area (Å²) in [6.45, 7) is 0. The molecule has 0 aromatic heterocycles. The van der Waals surface area contributed by atoms with Crippen LogP contribution in [0.3, 0.4) is 0 Å². The largest absolute Gasteiger partial charge is 0.469 e. The monoisotopic (exact) mass is 248 g/mol. The number of rotatable bonds is 2. The zero-order valence-electron chi connectivity index (χ0n) is 9.64. The van der Waals surface area contributed by atoms with E-state index in [2.05, 4.69) is 4.74 Å². The lowest BCUT2D eigenvalue weighted by Crippen LogP contribution is -2.18. The van der Waals surface area contributed by atoms with E-state index in [0.29, 0.717) is 18.4 Å². The molecule has 0 saturated heterocycles. The highest BCUT2D eigenvalue weighted by molar-refractivity contribution is 5.76. The van der Waals surface area contributed by atoms with Crippen LogP contribution in [0.2, 0.25) is 0 Å². The van der Waals surface area contributed by atoms with Gasteiger partial charge in [-0.1, -0.05) is 5.57 Å². The van der Waals surface area contributed by atoms with Crippen LogP contribution in [-0.2, 0) is 9.53 Å². The number of esters is 1. The van der Waals surface area contributed by atoms with Gasteiger partial charge in [-0.25, -0.2) is 0 Å². The fourth-order valence-corrected chi connectivity index (χ4v) is 2.67. The molecule has 2 aliphatic carbocycles. The van der Waals surface area contributed by atoms with Crippen molar-refractivity contribution in [2.45, 2.75) is 38.3 Å². The molecule has 5 heteroatoms. The maximum Gasteiger partial charge on any atom is 0.412 e. The van der Waals surface area contributed by atoms with Crippen molar-refractivity contribution >= 4 is 5.97 Å². The lowest BCUT2D eigenvalue weighted by atomic mass is 10.0. The van der Waals surface area contributed by atoms with E-state index in [9.17, 15) is 18.0 Å². The molecule has 17 heavy (non-hydrogen) atoms. The number of methoxy groups -OCH3 is 1. The number of alkyl halides is 3. The Morgan fingerprint density at radius 3 is 2.29 bits per heavy atom. The van der Waals surface area contributed by atoms with E-state index < -0.39 is 29.6 Å². The summed E-state index contributed by atoms with van der Waals surface area (Å²) in [6.07, 6.45) is -1.31. The number of hydrogen-bond donors (Lipinski definition) is 0. The summed E-state index contributed by atoms with van der Waals surface area (Å²) < 4.78 is 43.5. The summed E-state index contributed by atoms with van der Waals surface area (Å²) in [5, 5.41) is 0. The minimum absolute atomic E-state index is 0.283. The lowest BCUT2D eigenvalue weighted by Gasteiger charge is -2.15. The highest BCUT2D eigenvalue weighted by Gasteiger charge is 2.54. The van der Waals surface area contributed by atoms with Gasteiger partial charge >= 0.3 is 12.1 Å². The number of carbonyl (C=O) groups is 1. The van der Waals surface area contributed by atoms with Crippen LogP contribution in [0.25, 0.3) is 0 Å². The molecule has 0 unspecified atom stereocenters. The van der Waals surface area contributed by atoms with Crippen LogP contribution in [0.1, 0.15) is 32.1 Å². The zero-order valence-corrected chi connectivity index (χ0v) is 9.64. The predicted octanol–water partition coefficient (Wildman–Crippen LogP) is 3.23. The van der Waals surface area contributed by atoms with E-state index in [1.807, 2.05) is 0 Å². The van der Waals surface area contributed by atoms with E-state index in [4.69, 9.17) is 0 Å². The van der Waals surface area contributed by atoms with Crippen LogP contribution in [0, 0.1) is 11.8 Å². The Labute approximate surface area is 97.8 Å². The molecule has 2 fully saturated rings. The van der Waals surface area contributed by atoms with Gasteiger partial charge < -0.3 is 4.74 Å². The number of carbonyl (C=O) groups excluding carboxylic acids is 1. The number of ether oxygens (including phenoxy) is 1. The van der Waals surface area contributed by atoms with Gasteiger partial charge in [-0.3, -0.25) is 4.79 Å². The molecule has 0 aromatic rings. The number of hydrogen-bond acceptors (Lipinski definition) is 2. The summed E-state index contributed by atoms with van der Waals surface area (Å²) in [5.41, 5.74) is 0.0688. The minimum Gasteiger partial charge on any atom is -0.469 e. The molecule has 2 nitrogen and oxygen atoms in total. The predicted molar refractivity (Wildman–Crippen MR) is 55.2 cm³/mol. The molecular formula is C12H15F3O2. The van der Waals surface area contributed by atoms with Gasteiger partial charge in [0.15, 0.2) is 0 Å². The second-order valence-electron chi connectivity index (χ2n) is 4.69. The van der Waals surface area contributed by atoms with Crippen molar-refractivity contribution in [1.29, 1.82) is 0 Å². The standard InChI is InChI=1S/C12H15F3O2/c1-17-11(16)9-6-8(9)10(12(13,14)15)7-4-2-3-5-7/h8-9H,2-6H2,1H3/t8-,9-/m1/s1. The van der Waals surface area contributed by atoms with Crippen LogP contribution in [0.5, 0.6) is 0 Å². The Morgan fingerprint density at radius 1 is 1.24 bits per heavy atom. The van der Waals surface area contributed by atoms with Crippen molar-refractivity contribution in [3.8, 4) is 0 Å². The average Bonchev–Trinajstić information content (AvgIpc) is 2.80. The summed E-state index contributed by atoms with van der Waals surface area (Å²) in [5.74, 6) is -1.75. The summed E-state index contributed by atoms with van der Waals surface area (Å²) in [4.78, 5) is 11.2. The SMILES string of the molecule is COC(=O)[C@@H]1C[C@H]1C(=C1CCCC1)C(F)(F)F. The number of halogens is 3. The summed E-state index contributed by atoms with van der Waals surface area (Å²) in [6, 6.07) is 0. The average molecular weight is 248 g/mol. The highest BCUT2D eigenvalue weighted by Crippen LogP contribution is 2.53. The minimum atomic E-state index is -4.30. The van der Waals surface area contributed by atoms with Gasteiger partial charge in [-0.15, -0.1) is 0 Å². The molecule has 2 rings (SSSR count). The van der Waals surface area contributed by atoms with Gasteiger partial charge in [-0.05, 0) is 32.1 Å². The van der Waals surface area contributed by atoms with Crippen molar-refractivity contribution in [1.82, 2.24) is 0 Å². The molecule has 0 aromatic carbocycles. The lowest BCUT2D eigenvalue weighted by molar-refractivity contribution is -0.142. The topological polar surface area (TPSA) is 26.3 Å². The summed E-state index contributed by atoms with van der Waals surface area (Å²) >= 11 is 0. The van der Waals surface area contributed by atoms with Crippen molar-refractivity contribution in [2.75, 3.05) is 7.11 Å². The van der Waals surface area contributed by atoms with Crippen LogP contribution < -0.4 is 0 Å². The Balaban J connectivity index is 2.20. The molecule has 0 spiro atoms. The zero-order chi connectivity index (χ0) is 12.6. The van der Waals surface area contributed by atoms with E-state index in [-0.39, 0.29) is 6.42 Å². The van der Waals surface area contributed by atoms with Crippen molar-refractivity contribution < 1.29 is 22.7 Å². The van der Waals surface area contributed by atoms with E-state index in [1.165, 1.54) is 7.11 Å². The van der Waals surface area contributed by atoms with E-state index in [1.54, 1.807) is 0 Å². The van der Waals surface area contributed by atoms with Crippen LogP contribution >= 0.6 is 0 Å². The van der Waals surface area contributed by atoms with Gasteiger partial charge in [0.2, 0.25) is 0 Å². The number of allylic oxidation sites excluding steroid dienone is 2. The third kappa shape index (κ3) is 2.48. The van der Waals surface area contributed by atoms with Gasteiger partial charge in [0.25, 0.3) is 0 Å². The molecule has 2 atom stereocenters. The first-order chi connectivity index (χ1) is 7.95. The van der Waals surface area contributed by atoms with Crippen LogP contribution in [0.15, 0.2) is 11.1 Å². The molecule has 2 saturated carbocycles. The molecule has 0 aliphatic heterocycles. The van der Waals surface area contributed by atoms with Gasteiger partial charge in [0, 0.05) is 11.5 Å². The van der Waals surface area contributed by atoms with Gasteiger partial charge in [0.1, 0.15) is 0 Å². The van der Waals surface area contributed by atoms with Crippen LogP contribution in [-0.4, -0.2) is 19.3 Å². The summed E-state index contributed by atoms with van der Waals surface area (Å²) in [7, 11) is 1.22. The normalized spacial score (nSPS) is 28.1. The molecule has 0 amide bonds. The third-order valence-electron chi connectivity index (χ3n) is 3.56. The second-order valence-corrected chi connectivity index (χ2v) is 4.69. The first-order valence-corrected chi connectivity index (χ1v) is 5.82. The Morgan fingerprint density at radius 2 is 1.82 bits per heavy atom. The Kier molecular flexibility index (Phi) is 3.19. The van der Waals surface area contributed by atoms with Gasteiger partial charge in [0.05, 0.1) is 13.0 Å². The van der Waals surface area contributed by atoms with Crippen LogP contribution in [0.4, 0.5) is 13.2 Å². The fraction of sp³-hybridized carbons (Fsp3) is 0.750. The Hall–Kier alpha value is -1.00. The Bertz CT molecular complexity index is 349. The van der Waals surface area contributed by atoms with Crippen molar-refractivity contribution in [3.63, 3.8) is 0 Å². The molecule has 0 heterocycles. The second kappa shape index (κ2) is 4.35. The molecule has 2 aliphatic rings.